The molecule has 0 radical (unpaired) electrons. The van der Waals surface area contributed by atoms with Crippen LogP contribution in [0.2, 0.25) is 0 Å². The smallest absolute Gasteiger partial charge is 0.320 e. The first kappa shape index (κ1) is 10.6. The largest absolute Gasteiger partial charge is 0.480 e. The molecule has 0 aromatic carbocycles. The van der Waals surface area contributed by atoms with E-state index in [0.29, 0.717) is 0 Å². The van der Waals surface area contributed by atoms with Crippen molar-refractivity contribution in [2.75, 3.05) is 0 Å². The van der Waals surface area contributed by atoms with Gasteiger partial charge in [0.05, 0.1) is 5.69 Å². The Kier molecular flexibility index (Phi) is 2.57. The third kappa shape index (κ3) is 2.01. The molecule has 0 aliphatic rings. The predicted molar refractivity (Wildman–Crippen MR) is 57.0 cm³/mol. The highest BCUT2D eigenvalue weighted by atomic mass is 16.4. The summed E-state index contributed by atoms with van der Waals surface area (Å²) in [4.78, 5) is 14.8. The molecule has 2 aromatic heterocycles. The fourth-order valence-corrected chi connectivity index (χ4v) is 1.48. The molecular formula is C10H12N4O2. The maximum atomic E-state index is 10.6. The van der Waals surface area contributed by atoms with Crippen molar-refractivity contribution in [3.8, 4) is 0 Å². The number of aliphatic carboxylic acids is 1. The fraction of sp³-hybridized carbons (Fsp3) is 0.300. The molecule has 1 unspecified atom stereocenters. The van der Waals surface area contributed by atoms with E-state index in [1.54, 1.807) is 16.9 Å². The Bertz CT molecular complexity index is 535. The molecule has 3 N–H and O–H groups in total. The van der Waals surface area contributed by atoms with Gasteiger partial charge in [0.25, 0.3) is 0 Å². The molecule has 2 aromatic rings. The lowest BCUT2D eigenvalue weighted by Crippen LogP contribution is -2.32. The Morgan fingerprint density at radius 2 is 2.44 bits per heavy atom. The summed E-state index contributed by atoms with van der Waals surface area (Å²) in [6.07, 6.45) is 3.62. The minimum atomic E-state index is -1.02. The minimum Gasteiger partial charge on any atom is -0.480 e. The van der Waals surface area contributed by atoms with Crippen LogP contribution in [0.15, 0.2) is 18.5 Å². The second kappa shape index (κ2) is 3.90. The molecule has 1 atom stereocenters. The van der Waals surface area contributed by atoms with Crippen molar-refractivity contribution in [1.82, 2.24) is 14.6 Å². The van der Waals surface area contributed by atoms with E-state index in [1.165, 1.54) is 0 Å². The molecule has 0 aliphatic carbocycles. The van der Waals surface area contributed by atoms with Gasteiger partial charge in [0.2, 0.25) is 0 Å². The van der Waals surface area contributed by atoms with E-state index in [-0.39, 0.29) is 6.42 Å². The molecule has 0 saturated heterocycles. The number of carboxylic acid groups (broad SMARTS) is 1. The zero-order valence-corrected chi connectivity index (χ0v) is 8.79. The van der Waals surface area contributed by atoms with Crippen molar-refractivity contribution in [2.45, 2.75) is 19.4 Å². The molecule has 0 saturated carbocycles. The number of aromatic nitrogens is 3. The van der Waals surface area contributed by atoms with Crippen LogP contribution in [0.25, 0.3) is 5.65 Å². The van der Waals surface area contributed by atoms with Gasteiger partial charge in [-0.1, -0.05) is 0 Å². The van der Waals surface area contributed by atoms with Crippen LogP contribution >= 0.6 is 0 Å². The quantitative estimate of drug-likeness (QED) is 0.758. The van der Waals surface area contributed by atoms with Gasteiger partial charge in [0, 0.05) is 24.9 Å². The molecule has 6 nitrogen and oxygen atoms in total. The standard InChI is InChI=1S/C10H12N4O2/c1-6-2-9-12-4-7(5-14(9)13-6)3-8(11)10(15)16/h2,4-5,8H,3,11H2,1H3,(H,15,16). The van der Waals surface area contributed by atoms with Gasteiger partial charge >= 0.3 is 5.97 Å². The van der Waals surface area contributed by atoms with E-state index in [0.717, 1.165) is 16.9 Å². The van der Waals surface area contributed by atoms with Crippen LogP contribution in [0.4, 0.5) is 0 Å². The fourth-order valence-electron chi connectivity index (χ4n) is 1.48. The highest BCUT2D eigenvalue weighted by Crippen LogP contribution is 2.06. The summed E-state index contributed by atoms with van der Waals surface area (Å²) in [5.41, 5.74) is 7.80. The third-order valence-electron chi connectivity index (χ3n) is 2.26. The number of rotatable bonds is 3. The van der Waals surface area contributed by atoms with Crippen LogP contribution in [-0.2, 0) is 11.2 Å². The highest BCUT2D eigenvalue weighted by Gasteiger charge is 2.12. The molecule has 84 valence electrons. The number of hydrogen-bond acceptors (Lipinski definition) is 4. The molecular weight excluding hydrogens is 208 g/mol. The van der Waals surface area contributed by atoms with E-state index in [9.17, 15) is 4.79 Å². The molecule has 16 heavy (non-hydrogen) atoms. The Balaban J connectivity index is 2.28. The number of hydrogen-bond donors (Lipinski definition) is 2. The average molecular weight is 220 g/mol. The van der Waals surface area contributed by atoms with E-state index in [1.807, 2.05) is 13.0 Å². The first-order valence-corrected chi connectivity index (χ1v) is 4.85. The molecule has 0 fully saturated rings. The molecule has 0 bridgehead atoms. The van der Waals surface area contributed by atoms with Crippen molar-refractivity contribution in [2.24, 2.45) is 5.73 Å². The van der Waals surface area contributed by atoms with Crippen LogP contribution in [0.1, 0.15) is 11.3 Å². The molecule has 6 heteroatoms. The van der Waals surface area contributed by atoms with E-state index in [2.05, 4.69) is 10.1 Å². The van der Waals surface area contributed by atoms with E-state index in [4.69, 9.17) is 10.8 Å². The first-order chi connectivity index (χ1) is 7.56. The monoisotopic (exact) mass is 220 g/mol. The number of nitrogens with two attached hydrogens (primary N) is 1. The lowest BCUT2D eigenvalue weighted by Gasteiger charge is -2.05. The van der Waals surface area contributed by atoms with Crippen molar-refractivity contribution >= 4 is 11.6 Å². The van der Waals surface area contributed by atoms with Crippen LogP contribution in [0.5, 0.6) is 0 Å². The summed E-state index contributed by atoms with van der Waals surface area (Å²) < 4.78 is 1.62. The average Bonchev–Trinajstić information content (AvgIpc) is 2.57. The zero-order chi connectivity index (χ0) is 11.7. The number of carboxylic acids is 1. The first-order valence-electron chi connectivity index (χ1n) is 4.85. The van der Waals surface area contributed by atoms with Gasteiger partial charge in [0.1, 0.15) is 6.04 Å². The summed E-state index contributed by atoms with van der Waals surface area (Å²) in [5.74, 6) is -1.02. The summed E-state index contributed by atoms with van der Waals surface area (Å²) in [5, 5.41) is 12.9. The van der Waals surface area contributed by atoms with Crippen LogP contribution < -0.4 is 5.73 Å². The Hall–Kier alpha value is -1.95. The Morgan fingerprint density at radius 3 is 3.12 bits per heavy atom. The number of aryl methyl sites for hydroxylation is 1. The van der Waals surface area contributed by atoms with E-state index < -0.39 is 12.0 Å². The lowest BCUT2D eigenvalue weighted by molar-refractivity contribution is -0.138. The van der Waals surface area contributed by atoms with Crippen molar-refractivity contribution < 1.29 is 9.90 Å². The van der Waals surface area contributed by atoms with Gasteiger partial charge < -0.3 is 10.8 Å². The van der Waals surface area contributed by atoms with Crippen LogP contribution in [0.3, 0.4) is 0 Å². The second-order valence-electron chi connectivity index (χ2n) is 3.70. The van der Waals surface area contributed by atoms with Crippen LogP contribution in [-0.4, -0.2) is 31.7 Å². The molecule has 0 aliphatic heterocycles. The van der Waals surface area contributed by atoms with Gasteiger partial charge in [-0.2, -0.15) is 5.10 Å². The topological polar surface area (TPSA) is 93.5 Å². The normalized spacial score (nSPS) is 12.9. The minimum absolute atomic E-state index is 0.247. The van der Waals surface area contributed by atoms with Gasteiger partial charge in [-0.25, -0.2) is 9.50 Å². The number of carbonyl (C=O) groups is 1. The van der Waals surface area contributed by atoms with Gasteiger partial charge in [-0.15, -0.1) is 0 Å². The Morgan fingerprint density at radius 1 is 1.69 bits per heavy atom. The van der Waals surface area contributed by atoms with Crippen LogP contribution in [0, 0.1) is 6.92 Å². The van der Waals surface area contributed by atoms with Gasteiger partial charge in [-0.3, -0.25) is 4.79 Å². The van der Waals surface area contributed by atoms with Crippen molar-refractivity contribution in [1.29, 1.82) is 0 Å². The molecule has 0 spiro atoms. The van der Waals surface area contributed by atoms with Gasteiger partial charge in [-0.05, 0) is 12.5 Å². The number of nitrogens with zero attached hydrogens (tertiary/aromatic N) is 3. The van der Waals surface area contributed by atoms with Gasteiger partial charge in [0.15, 0.2) is 5.65 Å². The van der Waals surface area contributed by atoms with Crippen molar-refractivity contribution in [3.05, 3.63) is 29.7 Å². The Labute approximate surface area is 91.7 Å². The zero-order valence-electron chi connectivity index (χ0n) is 8.79. The SMILES string of the molecule is Cc1cc2ncc(CC(N)C(=O)O)cn2n1. The van der Waals surface area contributed by atoms with E-state index >= 15 is 0 Å². The molecule has 2 heterocycles. The predicted octanol–water partition coefficient (Wildman–Crippen LogP) is -0.00788. The summed E-state index contributed by atoms with van der Waals surface area (Å²) in [6, 6.07) is 0.942. The maximum Gasteiger partial charge on any atom is 0.320 e. The molecule has 0 amide bonds. The summed E-state index contributed by atoms with van der Waals surface area (Å²) in [7, 11) is 0. The third-order valence-corrected chi connectivity index (χ3v) is 2.26. The maximum absolute atomic E-state index is 10.6. The number of fused-ring (bicyclic) bond motifs is 1. The lowest BCUT2D eigenvalue weighted by atomic mass is 10.1. The molecule has 2 rings (SSSR count). The summed E-state index contributed by atoms with van der Waals surface area (Å²) >= 11 is 0. The highest BCUT2D eigenvalue weighted by molar-refractivity contribution is 5.73. The second-order valence-corrected chi connectivity index (χ2v) is 3.70. The summed E-state index contributed by atoms with van der Waals surface area (Å²) in [6.45, 7) is 1.87. The van der Waals surface area contributed by atoms with Crippen molar-refractivity contribution in [3.63, 3.8) is 0 Å².